The summed E-state index contributed by atoms with van der Waals surface area (Å²) in [5.41, 5.74) is 3.96. The van der Waals surface area contributed by atoms with Gasteiger partial charge in [0.15, 0.2) is 0 Å². The summed E-state index contributed by atoms with van der Waals surface area (Å²) >= 11 is 0. The van der Waals surface area contributed by atoms with E-state index < -0.39 is 0 Å². The summed E-state index contributed by atoms with van der Waals surface area (Å²) in [6, 6.07) is 16.5. The van der Waals surface area contributed by atoms with Crippen LogP contribution in [0.1, 0.15) is 22.8 Å². The number of nitrogens with zero attached hydrogens (tertiary/aromatic N) is 1. The third-order valence-electron chi connectivity index (χ3n) is 2.61. The van der Waals surface area contributed by atoms with Crippen molar-refractivity contribution in [2.45, 2.75) is 6.92 Å². The quantitative estimate of drug-likeness (QED) is 0.669. The molecule has 0 radical (unpaired) electrons. The number of amides is 1. The molecule has 0 spiro atoms. The lowest BCUT2D eigenvalue weighted by atomic mass is 10.2. The number of hydrogen-bond acceptors (Lipinski definition) is 3. The number of carbonyl (C=O) groups is 1. The molecule has 0 saturated carbocycles. The first-order chi connectivity index (χ1) is 9.79. The monoisotopic (exact) mass is 268 g/mol. The molecule has 0 heterocycles. The third-order valence-corrected chi connectivity index (χ3v) is 2.61. The highest BCUT2D eigenvalue weighted by Crippen LogP contribution is 2.11. The van der Waals surface area contributed by atoms with E-state index in [1.807, 2.05) is 37.3 Å². The molecule has 0 aliphatic carbocycles. The van der Waals surface area contributed by atoms with Crippen LogP contribution in [-0.4, -0.2) is 18.7 Å². The van der Waals surface area contributed by atoms with Gasteiger partial charge in [-0.2, -0.15) is 5.10 Å². The first-order valence-corrected chi connectivity index (χ1v) is 6.41. The smallest absolute Gasteiger partial charge is 0.271 e. The predicted molar refractivity (Wildman–Crippen MR) is 79.1 cm³/mol. The van der Waals surface area contributed by atoms with Gasteiger partial charge in [0, 0.05) is 5.56 Å². The second-order valence-corrected chi connectivity index (χ2v) is 4.07. The summed E-state index contributed by atoms with van der Waals surface area (Å²) in [7, 11) is 0. The molecule has 0 aromatic heterocycles. The van der Waals surface area contributed by atoms with Crippen molar-refractivity contribution in [3.63, 3.8) is 0 Å². The molecular formula is C16H16N2O2. The molecule has 0 atom stereocenters. The maximum atomic E-state index is 11.8. The Balaban J connectivity index is 1.93. The van der Waals surface area contributed by atoms with Gasteiger partial charge >= 0.3 is 0 Å². The number of hydrazone groups is 1. The van der Waals surface area contributed by atoms with Gasteiger partial charge in [-0.1, -0.05) is 30.3 Å². The van der Waals surface area contributed by atoms with Crippen LogP contribution in [0.15, 0.2) is 59.7 Å². The van der Waals surface area contributed by atoms with Gasteiger partial charge in [-0.3, -0.25) is 4.79 Å². The lowest BCUT2D eigenvalue weighted by Crippen LogP contribution is -2.17. The van der Waals surface area contributed by atoms with Gasteiger partial charge in [-0.25, -0.2) is 5.43 Å². The van der Waals surface area contributed by atoms with Crippen LogP contribution >= 0.6 is 0 Å². The lowest BCUT2D eigenvalue weighted by Gasteiger charge is -2.03. The van der Waals surface area contributed by atoms with Gasteiger partial charge in [0.1, 0.15) is 5.75 Å². The third kappa shape index (κ3) is 3.95. The van der Waals surface area contributed by atoms with Crippen molar-refractivity contribution in [1.82, 2.24) is 5.43 Å². The molecule has 2 aromatic carbocycles. The normalized spacial score (nSPS) is 10.4. The standard InChI is InChI=1S/C16H16N2O2/c1-2-20-15-10-8-14(9-11-15)16(19)18-17-12-13-6-4-3-5-7-13/h3-12H,2H2,1H3,(H,18,19)/b17-12-. The van der Waals surface area contributed by atoms with Crippen molar-refractivity contribution in [2.24, 2.45) is 5.10 Å². The van der Waals surface area contributed by atoms with Crippen LogP contribution in [0.4, 0.5) is 0 Å². The van der Waals surface area contributed by atoms with E-state index in [-0.39, 0.29) is 5.91 Å². The van der Waals surface area contributed by atoms with Gasteiger partial charge in [0.25, 0.3) is 5.91 Å². The molecule has 0 bridgehead atoms. The summed E-state index contributed by atoms with van der Waals surface area (Å²) in [6.07, 6.45) is 1.60. The van der Waals surface area contributed by atoms with E-state index in [2.05, 4.69) is 10.5 Å². The molecule has 102 valence electrons. The van der Waals surface area contributed by atoms with Crippen molar-refractivity contribution in [1.29, 1.82) is 0 Å². The van der Waals surface area contributed by atoms with E-state index in [0.29, 0.717) is 12.2 Å². The van der Waals surface area contributed by atoms with Crippen LogP contribution < -0.4 is 10.2 Å². The van der Waals surface area contributed by atoms with Gasteiger partial charge < -0.3 is 4.74 Å². The molecule has 4 heteroatoms. The van der Waals surface area contributed by atoms with E-state index in [4.69, 9.17) is 4.74 Å². The first kappa shape index (κ1) is 13.8. The van der Waals surface area contributed by atoms with Crippen LogP contribution in [-0.2, 0) is 0 Å². The SMILES string of the molecule is CCOc1ccc(C(=O)N/N=C\c2ccccc2)cc1. The largest absolute Gasteiger partial charge is 0.494 e. The fourth-order valence-electron chi connectivity index (χ4n) is 1.64. The van der Waals surface area contributed by atoms with Gasteiger partial charge in [0.05, 0.1) is 12.8 Å². The summed E-state index contributed by atoms with van der Waals surface area (Å²) in [5, 5.41) is 3.92. The molecule has 0 aliphatic heterocycles. The average Bonchev–Trinajstić information content (AvgIpc) is 2.49. The highest BCUT2D eigenvalue weighted by molar-refractivity contribution is 5.94. The highest BCUT2D eigenvalue weighted by atomic mass is 16.5. The van der Waals surface area contributed by atoms with Crippen LogP contribution in [0.3, 0.4) is 0 Å². The zero-order valence-corrected chi connectivity index (χ0v) is 11.2. The van der Waals surface area contributed by atoms with Gasteiger partial charge in [-0.05, 0) is 36.8 Å². The van der Waals surface area contributed by atoms with Gasteiger partial charge in [-0.15, -0.1) is 0 Å². The maximum Gasteiger partial charge on any atom is 0.271 e. The molecule has 1 N–H and O–H groups in total. The van der Waals surface area contributed by atoms with E-state index >= 15 is 0 Å². The Morgan fingerprint density at radius 2 is 1.85 bits per heavy atom. The Hall–Kier alpha value is -2.62. The molecule has 0 aliphatic rings. The Morgan fingerprint density at radius 3 is 2.50 bits per heavy atom. The molecule has 1 amide bonds. The molecule has 0 fully saturated rings. The van der Waals surface area contributed by atoms with E-state index in [9.17, 15) is 4.79 Å². The van der Waals surface area contributed by atoms with Crippen LogP contribution in [0.25, 0.3) is 0 Å². The minimum atomic E-state index is -0.250. The van der Waals surface area contributed by atoms with E-state index in [1.165, 1.54) is 0 Å². The first-order valence-electron chi connectivity index (χ1n) is 6.41. The number of hydrogen-bond donors (Lipinski definition) is 1. The fourth-order valence-corrected chi connectivity index (χ4v) is 1.64. The van der Waals surface area contributed by atoms with Crippen molar-refractivity contribution in [3.05, 3.63) is 65.7 Å². The topological polar surface area (TPSA) is 50.7 Å². The Labute approximate surface area is 118 Å². The number of nitrogens with one attached hydrogen (secondary N) is 1. The minimum absolute atomic E-state index is 0.250. The zero-order chi connectivity index (χ0) is 14.2. The van der Waals surface area contributed by atoms with Crippen LogP contribution in [0.2, 0.25) is 0 Å². The summed E-state index contributed by atoms with van der Waals surface area (Å²) in [5.74, 6) is 0.497. The number of rotatable bonds is 5. The van der Waals surface area contributed by atoms with Crippen molar-refractivity contribution in [3.8, 4) is 5.75 Å². The van der Waals surface area contributed by atoms with Crippen molar-refractivity contribution in [2.75, 3.05) is 6.61 Å². The van der Waals surface area contributed by atoms with Gasteiger partial charge in [0.2, 0.25) is 0 Å². The van der Waals surface area contributed by atoms with E-state index in [1.54, 1.807) is 30.5 Å². The summed E-state index contributed by atoms with van der Waals surface area (Å²) in [6.45, 7) is 2.52. The average molecular weight is 268 g/mol. The van der Waals surface area contributed by atoms with Crippen LogP contribution in [0, 0.1) is 0 Å². The highest BCUT2D eigenvalue weighted by Gasteiger charge is 2.03. The molecule has 4 nitrogen and oxygen atoms in total. The molecular weight excluding hydrogens is 252 g/mol. The molecule has 2 aromatic rings. The second-order valence-electron chi connectivity index (χ2n) is 4.07. The Kier molecular flexibility index (Phi) is 4.89. The number of carbonyl (C=O) groups excluding carboxylic acids is 1. The molecule has 0 unspecified atom stereocenters. The Bertz CT molecular complexity index is 577. The molecule has 20 heavy (non-hydrogen) atoms. The number of benzene rings is 2. The maximum absolute atomic E-state index is 11.8. The van der Waals surface area contributed by atoms with Crippen LogP contribution in [0.5, 0.6) is 5.75 Å². The Morgan fingerprint density at radius 1 is 1.15 bits per heavy atom. The number of ether oxygens (including phenoxy) is 1. The van der Waals surface area contributed by atoms with E-state index in [0.717, 1.165) is 11.3 Å². The second kappa shape index (κ2) is 7.09. The molecule has 2 rings (SSSR count). The fraction of sp³-hybridized carbons (Fsp3) is 0.125. The van der Waals surface area contributed by atoms with Crippen molar-refractivity contribution >= 4 is 12.1 Å². The minimum Gasteiger partial charge on any atom is -0.494 e. The molecule has 0 saturated heterocycles. The van der Waals surface area contributed by atoms with Crippen molar-refractivity contribution < 1.29 is 9.53 Å². The lowest BCUT2D eigenvalue weighted by molar-refractivity contribution is 0.0955. The predicted octanol–water partition coefficient (Wildman–Crippen LogP) is 2.85. The summed E-state index contributed by atoms with van der Waals surface area (Å²) in [4.78, 5) is 11.8. The zero-order valence-electron chi connectivity index (χ0n) is 11.2. The summed E-state index contributed by atoms with van der Waals surface area (Å²) < 4.78 is 5.32.